The van der Waals surface area contributed by atoms with Crippen LogP contribution in [0.1, 0.15) is 62.8 Å². The molecule has 0 spiro atoms. The lowest BCUT2D eigenvalue weighted by atomic mass is 9.94. The van der Waals surface area contributed by atoms with E-state index in [0.717, 1.165) is 30.4 Å². The number of carbonyl (C=O) groups is 2. The van der Waals surface area contributed by atoms with Crippen LogP contribution in [0.3, 0.4) is 0 Å². The molecule has 0 radical (unpaired) electrons. The summed E-state index contributed by atoms with van der Waals surface area (Å²) in [5.41, 5.74) is 2.13. The molecule has 1 aliphatic rings. The van der Waals surface area contributed by atoms with Gasteiger partial charge in [0.15, 0.2) is 0 Å². The van der Waals surface area contributed by atoms with Gasteiger partial charge < -0.3 is 19.5 Å². The number of rotatable bonds is 9. The van der Waals surface area contributed by atoms with Crippen molar-refractivity contribution in [3.05, 3.63) is 64.7 Å². The molecule has 1 amide bonds. The Balaban J connectivity index is 2.14. The molecule has 0 saturated carbocycles. The number of methoxy groups -OCH3 is 1. The molecular weight excluding hydrogens is 418 g/mol. The fourth-order valence-electron chi connectivity index (χ4n) is 4.14. The minimum atomic E-state index is -0.680. The summed E-state index contributed by atoms with van der Waals surface area (Å²) in [6, 6.07) is 12.0. The van der Waals surface area contributed by atoms with E-state index in [9.17, 15) is 14.7 Å². The lowest BCUT2D eigenvalue weighted by molar-refractivity contribution is -0.139. The zero-order valence-corrected chi connectivity index (χ0v) is 20.1. The van der Waals surface area contributed by atoms with Gasteiger partial charge in [0.25, 0.3) is 11.7 Å². The minimum Gasteiger partial charge on any atom is -0.507 e. The van der Waals surface area contributed by atoms with Crippen LogP contribution in [0.2, 0.25) is 0 Å². The number of ether oxygens (including phenoxy) is 2. The first-order chi connectivity index (χ1) is 15.8. The van der Waals surface area contributed by atoms with E-state index in [-0.39, 0.29) is 17.4 Å². The van der Waals surface area contributed by atoms with Crippen molar-refractivity contribution in [3.63, 3.8) is 0 Å². The van der Waals surface area contributed by atoms with Crippen molar-refractivity contribution >= 4 is 17.4 Å². The highest BCUT2D eigenvalue weighted by atomic mass is 16.5. The van der Waals surface area contributed by atoms with E-state index in [2.05, 4.69) is 6.92 Å². The maximum absolute atomic E-state index is 13.2. The van der Waals surface area contributed by atoms with Crippen molar-refractivity contribution in [2.45, 2.75) is 59.1 Å². The highest BCUT2D eigenvalue weighted by molar-refractivity contribution is 6.46. The summed E-state index contributed by atoms with van der Waals surface area (Å²) in [5, 5.41) is 11.3. The van der Waals surface area contributed by atoms with E-state index in [0.29, 0.717) is 23.6 Å². The quantitative estimate of drug-likeness (QED) is 0.239. The maximum Gasteiger partial charge on any atom is 0.295 e. The first-order valence-corrected chi connectivity index (χ1v) is 11.5. The predicted molar refractivity (Wildman–Crippen MR) is 128 cm³/mol. The summed E-state index contributed by atoms with van der Waals surface area (Å²) in [6.07, 6.45) is 2.76. The van der Waals surface area contributed by atoms with E-state index in [1.807, 2.05) is 51.1 Å². The average molecular weight is 452 g/mol. The van der Waals surface area contributed by atoms with E-state index >= 15 is 0 Å². The minimum absolute atomic E-state index is 0.0318. The van der Waals surface area contributed by atoms with E-state index < -0.39 is 17.7 Å². The molecule has 0 bridgehead atoms. The van der Waals surface area contributed by atoms with Crippen molar-refractivity contribution in [3.8, 4) is 11.5 Å². The summed E-state index contributed by atoms with van der Waals surface area (Å²) < 4.78 is 11.2. The van der Waals surface area contributed by atoms with Gasteiger partial charge in [0.1, 0.15) is 17.3 Å². The fourth-order valence-corrected chi connectivity index (χ4v) is 4.14. The zero-order chi connectivity index (χ0) is 24.1. The number of aryl methyl sites for hydroxylation is 1. The Bertz CT molecular complexity index is 1040. The molecule has 0 aliphatic carbocycles. The topological polar surface area (TPSA) is 76.1 Å². The van der Waals surface area contributed by atoms with Crippen LogP contribution in [0, 0.1) is 6.92 Å². The Morgan fingerprint density at radius 1 is 1.09 bits per heavy atom. The van der Waals surface area contributed by atoms with Gasteiger partial charge in [-0.15, -0.1) is 0 Å². The number of unbranched alkanes of at least 4 members (excludes halogenated alkanes) is 2. The average Bonchev–Trinajstić information content (AvgIpc) is 3.04. The molecule has 1 heterocycles. The standard InChI is InChI=1S/C27H33NO5/c1-6-7-8-15-28-24(19-10-12-20(13-11-19)33-17(2)3)23(26(30)27(28)31)25(29)21-16-18(4)9-14-22(21)32-5/h9-14,16-17,24,29H,6-8,15H2,1-5H3/b25-23+. The van der Waals surface area contributed by atoms with Crippen molar-refractivity contribution < 1.29 is 24.2 Å². The Morgan fingerprint density at radius 2 is 1.79 bits per heavy atom. The van der Waals surface area contributed by atoms with Crippen LogP contribution in [0.5, 0.6) is 11.5 Å². The molecule has 1 fully saturated rings. The van der Waals surface area contributed by atoms with Crippen LogP contribution >= 0.6 is 0 Å². The predicted octanol–water partition coefficient (Wildman–Crippen LogP) is 5.40. The van der Waals surface area contributed by atoms with Crippen molar-refractivity contribution in [2.24, 2.45) is 0 Å². The van der Waals surface area contributed by atoms with Gasteiger partial charge in [0, 0.05) is 6.54 Å². The van der Waals surface area contributed by atoms with Crippen LogP contribution in [-0.2, 0) is 9.59 Å². The van der Waals surface area contributed by atoms with Gasteiger partial charge in [-0.2, -0.15) is 0 Å². The third-order valence-electron chi connectivity index (χ3n) is 5.72. The Labute approximate surface area is 195 Å². The van der Waals surface area contributed by atoms with Crippen LogP contribution in [0.25, 0.3) is 5.76 Å². The molecule has 1 aliphatic heterocycles. The normalized spacial score (nSPS) is 17.6. The first kappa shape index (κ1) is 24.4. The fraction of sp³-hybridized carbons (Fsp3) is 0.407. The molecule has 1 N–H and O–H groups in total. The second kappa shape index (κ2) is 10.6. The first-order valence-electron chi connectivity index (χ1n) is 11.5. The molecule has 2 aromatic carbocycles. The molecule has 1 atom stereocenters. The van der Waals surface area contributed by atoms with Crippen molar-refractivity contribution in [1.29, 1.82) is 0 Å². The van der Waals surface area contributed by atoms with Gasteiger partial charge in [0.05, 0.1) is 30.4 Å². The van der Waals surface area contributed by atoms with Gasteiger partial charge in [0.2, 0.25) is 0 Å². The second-order valence-electron chi connectivity index (χ2n) is 8.64. The van der Waals surface area contributed by atoms with Gasteiger partial charge in [-0.1, -0.05) is 43.5 Å². The van der Waals surface area contributed by atoms with Gasteiger partial charge in [-0.05, 0) is 57.0 Å². The number of Topliss-reactive ketones (excluding diaryl/α,β-unsaturated/α-hetero) is 1. The number of nitrogens with zero attached hydrogens (tertiary/aromatic N) is 1. The Kier molecular flexibility index (Phi) is 7.79. The second-order valence-corrected chi connectivity index (χ2v) is 8.64. The molecule has 3 rings (SSSR count). The molecule has 0 aromatic heterocycles. The van der Waals surface area contributed by atoms with Crippen LogP contribution < -0.4 is 9.47 Å². The SMILES string of the molecule is CCCCCN1C(=O)C(=O)/C(=C(/O)c2cc(C)ccc2OC)C1c1ccc(OC(C)C)cc1. The Morgan fingerprint density at radius 3 is 2.39 bits per heavy atom. The lowest BCUT2D eigenvalue weighted by Crippen LogP contribution is -2.30. The molecule has 33 heavy (non-hydrogen) atoms. The number of likely N-dealkylation sites (tertiary alicyclic amines) is 1. The number of carbonyl (C=O) groups excluding carboxylic acids is 2. The van der Waals surface area contributed by atoms with Crippen molar-refractivity contribution in [2.75, 3.05) is 13.7 Å². The molecule has 6 heteroatoms. The van der Waals surface area contributed by atoms with Crippen molar-refractivity contribution in [1.82, 2.24) is 4.90 Å². The molecule has 6 nitrogen and oxygen atoms in total. The van der Waals surface area contributed by atoms with Crippen LogP contribution in [0.4, 0.5) is 0 Å². The number of hydrogen-bond donors (Lipinski definition) is 1. The molecule has 176 valence electrons. The summed E-state index contributed by atoms with van der Waals surface area (Å²) in [6.45, 7) is 8.32. The number of benzene rings is 2. The van der Waals surface area contributed by atoms with Crippen LogP contribution in [0.15, 0.2) is 48.0 Å². The number of aliphatic hydroxyl groups is 1. The van der Waals surface area contributed by atoms with E-state index in [1.54, 1.807) is 17.0 Å². The Hall–Kier alpha value is -3.28. The smallest absolute Gasteiger partial charge is 0.295 e. The summed E-state index contributed by atoms with van der Waals surface area (Å²) >= 11 is 0. The van der Waals surface area contributed by atoms with Gasteiger partial charge >= 0.3 is 0 Å². The molecule has 2 aromatic rings. The number of hydrogen-bond acceptors (Lipinski definition) is 5. The largest absolute Gasteiger partial charge is 0.507 e. The highest BCUT2D eigenvalue weighted by Crippen LogP contribution is 2.41. The third kappa shape index (κ3) is 5.21. The van der Waals surface area contributed by atoms with Gasteiger partial charge in [-0.3, -0.25) is 9.59 Å². The number of aliphatic hydroxyl groups excluding tert-OH is 1. The van der Waals surface area contributed by atoms with Gasteiger partial charge in [-0.25, -0.2) is 0 Å². The number of ketones is 1. The van der Waals surface area contributed by atoms with E-state index in [1.165, 1.54) is 7.11 Å². The van der Waals surface area contributed by atoms with E-state index in [4.69, 9.17) is 9.47 Å². The molecular formula is C27H33NO5. The zero-order valence-electron chi connectivity index (χ0n) is 20.1. The lowest BCUT2D eigenvalue weighted by Gasteiger charge is -2.25. The highest BCUT2D eigenvalue weighted by Gasteiger charge is 2.46. The summed E-state index contributed by atoms with van der Waals surface area (Å²) in [5.74, 6) is -0.349. The summed E-state index contributed by atoms with van der Waals surface area (Å²) in [4.78, 5) is 27.8. The monoisotopic (exact) mass is 451 g/mol. The third-order valence-corrected chi connectivity index (χ3v) is 5.72. The molecule has 1 unspecified atom stereocenters. The summed E-state index contributed by atoms with van der Waals surface area (Å²) in [7, 11) is 1.51. The van der Waals surface area contributed by atoms with Crippen LogP contribution in [-0.4, -0.2) is 41.5 Å². The number of amides is 1. The molecule has 1 saturated heterocycles. The maximum atomic E-state index is 13.2.